The Morgan fingerprint density at radius 3 is 2.85 bits per heavy atom. The van der Waals surface area contributed by atoms with Crippen LogP contribution in [-0.4, -0.2) is 23.7 Å². The zero-order valence-corrected chi connectivity index (χ0v) is 11.4. The van der Waals surface area contributed by atoms with Gasteiger partial charge in [-0.15, -0.1) is 0 Å². The van der Waals surface area contributed by atoms with E-state index in [0.717, 1.165) is 12.5 Å². The molecule has 2 N–H and O–H groups in total. The Morgan fingerprint density at radius 2 is 2.20 bits per heavy atom. The van der Waals surface area contributed by atoms with E-state index < -0.39 is 11.6 Å². The van der Waals surface area contributed by atoms with Gasteiger partial charge in [-0.3, -0.25) is 4.79 Å². The van der Waals surface area contributed by atoms with E-state index in [1.165, 1.54) is 12.1 Å². The quantitative estimate of drug-likeness (QED) is 0.842. The van der Waals surface area contributed by atoms with Crippen LogP contribution in [0.25, 0.3) is 0 Å². The van der Waals surface area contributed by atoms with Gasteiger partial charge in [0.15, 0.2) is 11.6 Å². The fourth-order valence-corrected chi connectivity index (χ4v) is 2.42. The molecule has 1 aromatic rings. The van der Waals surface area contributed by atoms with E-state index >= 15 is 0 Å². The maximum absolute atomic E-state index is 13.1. The van der Waals surface area contributed by atoms with Crippen molar-refractivity contribution in [3.8, 4) is 0 Å². The Bertz CT molecular complexity index is 493. The highest BCUT2D eigenvalue weighted by Gasteiger charge is 2.44. The zero-order valence-electron chi connectivity index (χ0n) is 11.4. The number of halogens is 2. The molecular formula is C15H19F2NO2. The van der Waals surface area contributed by atoms with Crippen molar-refractivity contribution >= 4 is 5.91 Å². The minimum Gasteiger partial charge on any atom is -0.396 e. The standard InChI is InChI=1S/C15H19F2NO2/c1-9(3-2-6-19)18-15(20)12-8-11(12)10-4-5-13(16)14(17)7-10/h4-5,7,9,11-12,19H,2-3,6,8H2,1H3,(H,18,20). The van der Waals surface area contributed by atoms with Crippen LogP contribution in [0.4, 0.5) is 8.78 Å². The number of amides is 1. The van der Waals surface area contributed by atoms with Gasteiger partial charge in [-0.2, -0.15) is 0 Å². The van der Waals surface area contributed by atoms with Crippen molar-refractivity contribution in [3.63, 3.8) is 0 Å². The van der Waals surface area contributed by atoms with Gasteiger partial charge in [0.1, 0.15) is 0 Å². The van der Waals surface area contributed by atoms with Crippen LogP contribution >= 0.6 is 0 Å². The molecule has 20 heavy (non-hydrogen) atoms. The molecule has 5 heteroatoms. The summed E-state index contributed by atoms with van der Waals surface area (Å²) >= 11 is 0. The molecule has 1 fully saturated rings. The van der Waals surface area contributed by atoms with Crippen molar-refractivity contribution in [1.82, 2.24) is 5.32 Å². The normalized spacial score (nSPS) is 22.4. The van der Waals surface area contributed by atoms with E-state index in [9.17, 15) is 13.6 Å². The van der Waals surface area contributed by atoms with Crippen LogP contribution in [0.3, 0.4) is 0 Å². The van der Waals surface area contributed by atoms with Gasteiger partial charge >= 0.3 is 0 Å². The molecule has 1 saturated carbocycles. The second-order valence-corrected chi connectivity index (χ2v) is 5.40. The molecule has 3 atom stereocenters. The lowest BCUT2D eigenvalue weighted by Crippen LogP contribution is -2.34. The first-order chi connectivity index (χ1) is 9.52. The van der Waals surface area contributed by atoms with Gasteiger partial charge in [-0.1, -0.05) is 6.07 Å². The third-order valence-corrected chi connectivity index (χ3v) is 3.68. The van der Waals surface area contributed by atoms with Crippen LogP contribution in [0.5, 0.6) is 0 Å². The van der Waals surface area contributed by atoms with Gasteiger partial charge in [0, 0.05) is 18.6 Å². The maximum atomic E-state index is 13.1. The fourth-order valence-electron chi connectivity index (χ4n) is 2.42. The molecule has 1 aliphatic rings. The summed E-state index contributed by atoms with van der Waals surface area (Å²) in [5, 5.41) is 11.6. The lowest BCUT2D eigenvalue weighted by Gasteiger charge is -2.13. The van der Waals surface area contributed by atoms with Gasteiger partial charge in [0.05, 0.1) is 0 Å². The maximum Gasteiger partial charge on any atom is 0.223 e. The summed E-state index contributed by atoms with van der Waals surface area (Å²) in [6, 6.07) is 3.82. The van der Waals surface area contributed by atoms with E-state index in [2.05, 4.69) is 5.32 Å². The van der Waals surface area contributed by atoms with Crippen molar-refractivity contribution in [3.05, 3.63) is 35.4 Å². The number of hydrogen-bond donors (Lipinski definition) is 2. The number of aliphatic hydroxyl groups excluding tert-OH is 1. The molecule has 3 nitrogen and oxygen atoms in total. The molecule has 0 aromatic heterocycles. The van der Waals surface area contributed by atoms with E-state index in [4.69, 9.17) is 5.11 Å². The number of nitrogens with one attached hydrogen (secondary N) is 1. The molecule has 0 heterocycles. The molecule has 1 aromatic carbocycles. The van der Waals surface area contributed by atoms with E-state index in [1.807, 2.05) is 6.92 Å². The summed E-state index contributed by atoms with van der Waals surface area (Å²) in [6.07, 6.45) is 2.05. The van der Waals surface area contributed by atoms with Crippen molar-refractivity contribution < 1.29 is 18.7 Å². The summed E-state index contributed by atoms with van der Waals surface area (Å²) in [4.78, 5) is 12.0. The lowest BCUT2D eigenvalue weighted by molar-refractivity contribution is -0.123. The Morgan fingerprint density at radius 1 is 1.45 bits per heavy atom. The predicted octanol–water partition coefficient (Wildman–Crippen LogP) is 2.35. The highest BCUT2D eigenvalue weighted by molar-refractivity contribution is 5.83. The third kappa shape index (κ3) is 3.54. The summed E-state index contributed by atoms with van der Waals surface area (Å²) in [7, 11) is 0. The van der Waals surface area contributed by atoms with Crippen molar-refractivity contribution in [2.75, 3.05) is 6.61 Å². The third-order valence-electron chi connectivity index (χ3n) is 3.68. The molecule has 0 radical (unpaired) electrons. The zero-order chi connectivity index (χ0) is 14.7. The van der Waals surface area contributed by atoms with E-state index in [1.54, 1.807) is 0 Å². The number of aliphatic hydroxyl groups is 1. The highest BCUT2D eigenvalue weighted by atomic mass is 19.2. The average molecular weight is 283 g/mol. The smallest absolute Gasteiger partial charge is 0.223 e. The van der Waals surface area contributed by atoms with Crippen LogP contribution < -0.4 is 5.32 Å². The Hall–Kier alpha value is -1.49. The molecule has 0 saturated heterocycles. The molecule has 0 aliphatic heterocycles. The number of carbonyl (C=O) groups is 1. The van der Waals surface area contributed by atoms with Gasteiger partial charge in [0.2, 0.25) is 5.91 Å². The molecule has 1 aliphatic carbocycles. The molecule has 0 spiro atoms. The van der Waals surface area contributed by atoms with E-state index in [-0.39, 0.29) is 30.4 Å². The van der Waals surface area contributed by atoms with Crippen LogP contribution in [0.1, 0.15) is 37.7 Å². The minimum atomic E-state index is -0.870. The first kappa shape index (κ1) is 14.9. The summed E-state index contributed by atoms with van der Waals surface area (Å²) in [6.45, 7) is 2.00. The topological polar surface area (TPSA) is 49.3 Å². The first-order valence-corrected chi connectivity index (χ1v) is 6.89. The Labute approximate surface area is 117 Å². The summed E-state index contributed by atoms with van der Waals surface area (Å²) in [5.41, 5.74) is 0.673. The molecular weight excluding hydrogens is 264 g/mol. The second kappa shape index (κ2) is 6.31. The SMILES string of the molecule is CC(CCCO)NC(=O)C1CC1c1ccc(F)c(F)c1. The minimum absolute atomic E-state index is 0.0147. The molecule has 0 bridgehead atoms. The van der Waals surface area contributed by atoms with Crippen molar-refractivity contribution in [2.24, 2.45) is 5.92 Å². The van der Waals surface area contributed by atoms with Crippen LogP contribution in [0.15, 0.2) is 18.2 Å². The number of carbonyl (C=O) groups excluding carboxylic acids is 1. The Kier molecular flexibility index (Phi) is 4.70. The van der Waals surface area contributed by atoms with Crippen molar-refractivity contribution in [1.29, 1.82) is 0 Å². The first-order valence-electron chi connectivity index (χ1n) is 6.89. The molecule has 1 amide bonds. The van der Waals surface area contributed by atoms with Crippen LogP contribution in [0.2, 0.25) is 0 Å². The number of hydrogen-bond acceptors (Lipinski definition) is 2. The number of rotatable bonds is 6. The van der Waals surface area contributed by atoms with Gasteiger partial charge in [-0.25, -0.2) is 8.78 Å². The summed E-state index contributed by atoms with van der Waals surface area (Å²) < 4.78 is 26.0. The fraction of sp³-hybridized carbons (Fsp3) is 0.533. The molecule has 2 rings (SSSR count). The lowest BCUT2D eigenvalue weighted by atomic mass is 10.1. The monoisotopic (exact) mass is 283 g/mol. The number of benzene rings is 1. The second-order valence-electron chi connectivity index (χ2n) is 5.40. The summed E-state index contributed by atoms with van der Waals surface area (Å²) in [5.74, 6) is -1.96. The molecule has 110 valence electrons. The van der Waals surface area contributed by atoms with Gasteiger partial charge < -0.3 is 10.4 Å². The van der Waals surface area contributed by atoms with E-state index in [0.29, 0.717) is 18.4 Å². The van der Waals surface area contributed by atoms with Gasteiger partial charge in [0.25, 0.3) is 0 Å². The van der Waals surface area contributed by atoms with Gasteiger partial charge in [-0.05, 0) is 49.8 Å². The van der Waals surface area contributed by atoms with Crippen molar-refractivity contribution in [2.45, 2.75) is 38.1 Å². The average Bonchev–Trinajstić information content (AvgIpc) is 3.20. The highest BCUT2D eigenvalue weighted by Crippen LogP contribution is 2.47. The molecule has 3 unspecified atom stereocenters. The Balaban J connectivity index is 1.87. The largest absolute Gasteiger partial charge is 0.396 e. The van der Waals surface area contributed by atoms with Crippen LogP contribution in [0, 0.1) is 17.6 Å². The van der Waals surface area contributed by atoms with Crippen LogP contribution in [-0.2, 0) is 4.79 Å². The predicted molar refractivity (Wildman–Crippen MR) is 71.1 cm³/mol.